The normalized spacial score (nSPS) is 14.5. The number of benzene rings is 2. The predicted octanol–water partition coefficient (Wildman–Crippen LogP) is 4.23. The largest absolute Gasteiger partial charge is 0.470 e. The number of halogens is 1. The number of fused-ring (bicyclic) bond motifs is 1. The van der Waals surface area contributed by atoms with Crippen LogP contribution in [-0.4, -0.2) is 31.0 Å². The van der Waals surface area contributed by atoms with Crippen molar-refractivity contribution in [3.05, 3.63) is 71.0 Å². The summed E-state index contributed by atoms with van der Waals surface area (Å²) in [7, 11) is 0. The van der Waals surface area contributed by atoms with Gasteiger partial charge in [-0.15, -0.1) is 0 Å². The second-order valence-corrected chi connectivity index (χ2v) is 8.38. The smallest absolute Gasteiger partial charge is 0.248 e. The molecule has 1 saturated carbocycles. The molecule has 0 unspecified atom stereocenters. The number of nitrogens with zero attached hydrogens (tertiary/aromatic N) is 4. The number of carbonyl (C=O) groups is 1. The van der Waals surface area contributed by atoms with E-state index in [2.05, 4.69) is 16.9 Å². The Bertz CT molecular complexity index is 1300. The molecule has 1 amide bonds. The van der Waals surface area contributed by atoms with Crippen LogP contribution in [0.5, 0.6) is 5.88 Å². The van der Waals surface area contributed by atoms with Crippen LogP contribution in [0.1, 0.15) is 35.7 Å². The first-order valence-electron chi connectivity index (χ1n) is 9.97. The summed E-state index contributed by atoms with van der Waals surface area (Å²) in [5.74, 6) is 0.541. The molecule has 2 aromatic carbocycles. The summed E-state index contributed by atoms with van der Waals surface area (Å²) in [6.45, 7) is 2.59. The Morgan fingerprint density at radius 3 is 2.65 bits per heavy atom. The Morgan fingerprint density at radius 1 is 1.19 bits per heavy atom. The standard InChI is InChI=1S/C23H20ClN5O2/c1-23(9-10-23)31-22-18-21(26-13-27-22)29(12-14-5-3-2-4-6-14)20(28-18)16-8-7-15(19(25)30)11-17(16)24/h2-8,11,13H,9-10,12H2,1H3,(H2,25,30). The molecule has 0 radical (unpaired) electrons. The van der Waals surface area contributed by atoms with Gasteiger partial charge in [-0.2, -0.15) is 4.98 Å². The molecule has 8 heteroatoms. The van der Waals surface area contributed by atoms with E-state index in [4.69, 9.17) is 27.1 Å². The number of primary amides is 1. The molecule has 0 atom stereocenters. The third-order valence-corrected chi connectivity index (χ3v) is 5.79. The first-order chi connectivity index (χ1) is 14.9. The third-order valence-electron chi connectivity index (χ3n) is 5.47. The van der Waals surface area contributed by atoms with Gasteiger partial charge in [0.05, 0.1) is 11.6 Å². The zero-order valence-electron chi connectivity index (χ0n) is 16.9. The van der Waals surface area contributed by atoms with Crippen LogP contribution in [0.2, 0.25) is 5.02 Å². The lowest BCUT2D eigenvalue weighted by molar-refractivity contribution is 0.100. The number of hydrogen-bond donors (Lipinski definition) is 1. The molecule has 4 aromatic rings. The Balaban J connectivity index is 1.69. The highest BCUT2D eigenvalue weighted by Crippen LogP contribution is 2.41. The van der Waals surface area contributed by atoms with Gasteiger partial charge in [0.25, 0.3) is 0 Å². The lowest BCUT2D eigenvalue weighted by atomic mass is 10.1. The van der Waals surface area contributed by atoms with E-state index in [1.807, 2.05) is 34.9 Å². The first kappa shape index (κ1) is 19.5. The third kappa shape index (κ3) is 3.72. The maximum atomic E-state index is 11.5. The molecule has 0 saturated heterocycles. The number of carbonyl (C=O) groups excluding carboxylic acids is 1. The summed E-state index contributed by atoms with van der Waals surface area (Å²) in [6.07, 6.45) is 3.46. The van der Waals surface area contributed by atoms with E-state index >= 15 is 0 Å². The lowest BCUT2D eigenvalue weighted by Crippen LogP contribution is -2.13. The van der Waals surface area contributed by atoms with Crippen molar-refractivity contribution < 1.29 is 9.53 Å². The van der Waals surface area contributed by atoms with E-state index in [-0.39, 0.29) is 5.60 Å². The molecule has 1 fully saturated rings. The van der Waals surface area contributed by atoms with Gasteiger partial charge in [-0.25, -0.2) is 9.97 Å². The van der Waals surface area contributed by atoms with E-state index in [9.17, 15) is 4.79 Å². The number of imidazole rings is 1. The number of amides is 1. The summed E-state index contributed by atoms with van der Waals surface area (Å²) < 4.78 is 8.13. The molecule has 156 valence electrons. The van der Waals surface area contributed by atoms with Gasteiger partial charge in [0.2, 0.25) is 11.8 Å². The Kier molecular flexibility index (Phi) is 4.63. The molecular weight excluding hydrogens is 414 g/mol. The maximum absolute atomic E-state index is 11.5. The summed E-state index contributed by atoms with van der Waals surface area (Å²) in [6, 6.07) is 15.0. The average molecular weight is 434 g/mol. The van der Waals surface area contributed by atoms with Crippen LogP contribution in [0.4, 0.5) is 0 Å². The molecule has 0 bridgehead atoms. The fourth-order valence-electron chi connectivity index (χ4n) is 3.47. The average Bonchev–Trinajstić information content (AvgIpc) is 3.37. The highest BCUT2D eigenvalue weighted by Gasteiger charge is 2.41. The highest BCUT2D eigenvalue weighted by molar-refractivity contribution is 6.33. The Labute approximate surface area is 183 Å². The highest BCUT2D eigenvalue weighted by atomic mass is 35.5. The summed E-state index contributed by atoms with van der Waals surface area (Å²) in [5, 5.41) is 0.380. The van der Waals surface area contributed by atoms with Crippen LogP contribution in [-0.2, 0) is 6.54 Å². The number of aromatic nitrogens is 4. The molecular formula is C23H20ClN5O2. The molecule has 1 aliphatic rings. The van der Waals surface area contributed by atoms with Crippen LogP contribution in [0.25, 0.3) is 22.6 Å². The number of nitrogens with two attached hydrogens (primary N) is 1. The number of ether oxygens (including phenoxy) is 1. The van der Waals surface area contributed by atoms with Crippen molar-refractivity contribution in [2.45, 2.75) is 31.9 Å². The number of hydrogen-bond acceptors (Lipinski definition) is 5. The first-order valence-corrected chi connectivity index (χ1v) is 10.4. The molecule has 2 heterocycles. The fourth-order valence-corrected chi connectivity index (χ4v) is 3.74. The second-order valence-electron chi connectivity index (χ2n) is 7.97. The van der Waals surface area contributed by atoms with Gasteiger partial charge >= 0.3 is 0 Å². The van der Waals surface area contributed by atoms with Crippen molar-refractivity contribution in [3.8, 4) is 17.3 Å². The van der Waals surface area contributed by atoms with Crippen LogP contribution in [0.15, 0.2) is 54.9 Å². The van der Waals surface area contributed by atoms with E-state index in [0.717, 1.165) is 18.4 Å². The van der Waals surface area contributed by atoms with Gasteiger partial charge in [0, 0.05) is 11.1 Å². The number of rotatable bonds is 6. The summed E-state index contributed by atoms with van der Waals surface area (Å²) in [4.78, 5) is 25.2. The van der Waals surface area contributed by atoms with Crippen molar-refractivity contribution in [2.24, 2.45) is 5.73 Å². The van der Waals surface area contributed by atoms with Gasteiger partial charge in [-0.1, -0.05) is 41.9 Å². The van der Waals surface area contributed by atoms with Gasteiger partial charge in [0.1, 0.15) is 17.8 Å². The minimum Gasteiger partial charge on any atom is -0.470 e. The zero-order valence-corrected chi connectivity index (χ0v) is 17.6. The van der Waals surface area contributed by atoms with Crippen LogP contribution >= 0.6 is 11.6 Å². The van der Waals surface area contributed by atoms with E-state index in [1.54, 1.807) is 18.2 Å². The monoisotopic (exact) mass is 433 g/mol. The Hall–Kier alpha value is -3.45. The minimum absolute atomic E-state index is 0.203. The van der Waals surface area contributed by atoms with Crippen LogP contribution in [0, 0.1) is 0 Å². The van der Waals surface area contributed by atoms with Gasteiger partial charge in [-0.05, 0) is 43.5 Å². The molecule has 1 aliphatic carbocycles. The van der Waals surface area contributed by atoms with Gasteiger partial charge in [-0.3, -0.25) is 4.79 Å². The van der Waals surface area contributed by atoms with Gasteiger partial charge in [0.15, 0.2) is 11.2 Å². The van der Waals surface area contributed by atoms with E-state index < -0.39 is 5.91 Å². The Morgan fingerprint density at radius 2 is 1.97 bits per heavy atom. The van der Waals surface area contributed by atoms with Crippen molar-refractivity contribution in [1.82, 2.24) is 19.5 Å². The minimum atomic E-state index is -0.537. The molecule has 2 N–H and O–H groups in total. The molecule has 31 heavy (non-hydrogen) atoms. The molecule has 5 rings (SSSR count). The SMILES string of the molecule is CC1(Oc2ncnc3c2nc(-c2ccc(C(N)=O)cc2Cl)n3Cc2ccccc2)CC1. The molecule has 0 aliphatic heterocycles. The molecule has 2 aromatic heterocycles. The molecule has 0 spiro atoms. The van der Waals surface area contributed by atoms with Crippen LogP contribution < -0.4 is 10.5 Å². The van der Waals surface area contributed by atoms with Crippen molar-refractivity contribution >= 4 is 28.7 Å². The summed E-state index contributed by atoms with van der Waals surface area (Å²) in [5.41, 5.74) is 8.52. The maximum Gasteiger partial charge on any atom is 0.248 e. The summed E-state index contributed by atoms with van der Waals surface area (Å²) >= 11 is 6.54. The topological polar surface area (TPSA) is 95.9 Å². The van der Waals surface area contributed by atoms with Crippen molar-refractivity contribution in [2.75, 3.05) is 0 Å². The van der Waals surface area contributed by atoms with Gasteiger partial charge < -0.3 is 15.0 Å². The molecule has 7 nitrogen and oxygen atoms in total. The fraction of sp³-hybridized carbons (Fsp3) is 0.217. The van der Waals surface area contributed by atoms with Crippen molar-refractivity contribution in [3.63, 3.8) is 0 Å². The van der Waals surface area contributed by atoms with Crippen LogP contribution in [0.3, 0.4) is 0 Å². The quantitative estimate of drug-likeness (QED) is 0.491. The van der Waals surface area contributed by atoms with Crippen molar-refractivity contribution in [1.29, 1.82) is 0 Å². The zero-order chi connectivity index (χ0) is 21.6. The lowest BCUT2D eigenvalue weighted by Gasteiger charge is -2.12. The predicted molar refractivity (Wildman–Crippen MR) is 118 cm³/mol. The van der Waals surface area contributed by atoms with E-state index in [1.165, 1.54) is 6.33 Å². The van der Waals surface area contributed by atoms with E-state index in [0.29, 0.717) is 45.6 Å². The second kappa shape index (κ2) is 7.35.